The average Bonchev–Trinajstić information content (AvgIpc) is 2.83. The van der Waals surface area contributed by atoms with E-state index in [9.17, 15) is 5.11 Å². The van der Waals surface area contributed by atoms with Crippen LogP contribution in [-0.2, 0) is 0 Å². The molecule has 1 saturated carbocycles. The second kappa shape index (κ2) is 3.63. The van der Waals surface area contributed by atoms with Crippen LogP contribution in [0.5, 0.6) is 0 Å². The lowest BCUT2D eigenvalue weighted by atomic mass is 10.0. The fourth-order valence-electron chi connectivity index (χ4n) is 1.75. The van der Waals surface area contributed by atoms with E-state index in [2.05, 4.69) is 31.9 Å². The second-order valence-corrected chi connectivity index (χ2v) is 5.33. The summed E-state index contributed by atoms with van der Waals surface area (Å²) in [5.74, 6) is 1.16. The fraction of sp³-hybridized carbons (Fsp3) is 0.556. The van der Waals surface area contributed by atoms with Crippen molar-refractivity contribution < 1.29 is 9.52 Å². The molecule has 1 aliphatic rings. The third-order valence-electron chi connectivity index (χ3n) is 2.92. The van der Waals surface area contributed by atoms with Crippen molar-refractivity contribution in [1.29, 1.82) is 0 Å². The van der Waals surface area contributed by atoms with Crippen LogP contribution >= 0.6 is 31.9 Å². The summed E-state index contributed by atoms with van der Waals surface area (Å²) in [5, 5.41) is 9.22. The molecule has 0 radical (unpaired) electrons. The summed E-state index contributed by atoms with van der Waals surface area (Å²) in [6.07, 6.45) is 0.909. The van der Waals surface area contributed by atoms with E-state index in [0.29, 0.717) is 11.2 Å². The van der Waals surface area contributed by atoms with Gasteiger partial charge >= 0.3 is 0 Å². The number of aliphatic hydroxyl groups excluding tert-OH is 1. The highest BCUT2D eigenvalue weighted by molar-refractivity contribution is 9.13. The Morgan fingerprint density at radius 1 is 1.64 bits per heavy atom. The number of halogens is 2. The van der Waals surface area contributed by atoms with Crippen LogP contribution in [0.15, 0.2) is 19.6 Å². The fourth-order valence-corrected chi connectivity index (χ4v) is 2.36. The summed E-state index contributed by atoms with van der Waals surface area (Å²) in [4.78, 5) is 0. The molecule has 5 heteroatoms. The molecule has 1 aromatic heterocycles. The molecule has 0 aromatic carbocycles. The van der Waals surface area contributed by atoms with Gasteiger partial charge in [0.1, 0.15) is 5.76 Å². The van der Waals surface area contributed by atoms with Crippen LogP contribution < -0.4 is 5.73 Å². The van der Waals surface area contributed by atoms with Gasteiger partial charge in [-0.25, -0.2) is 0 Å². The minimum Gasteiger partial charge on any atom is -0.453 e. The average molecular weight is 325 g/mol. The van der Waals surface area contributed by atoms with Gasteiger partial charge in [0.25, 0.3) is 0 Å². The standard InChI is InChI=1S/C9H11Br2NO2/c10-6-1-7(14-8(6)11)5-2-9(5,3-12)4-13/h1,5,13H,2-4,12H2. The van der Waals surface area contributed by atoms with E-state index < -0.39 is 0 Å². The first-order chi connectivity index (χ1) is 6.63. The van der Waals surface area contributed by atoms with Crippen molar-refractivity contribution in [2.75, 3.05) is 13.2 Å². The second-order valence-electron chi connectivity index (χ2n) is 3.75. The Kier molecular flexibility index (Phi) is 2.76. The third kappa shape index (κ3) is 1.56. The molecule has 14 heavy (non-hydrogen) atoms. The molecule has 0 bridgehead atoms. The summed E-state index contributed by atoms with van der Waals surface area (Å²) in [6.45, 7) is 0.633. The highest BCUT2D eigenvalue weighted by atomic mass is 79.9. The molecule has 0 aliphatic heterocycles. The molecular weight excluding hydrogens is 314 g/mol. The number of aliphatic hydroxyl groups is 1. The zero-order valence-electron chi connectivity index (χ0n) is 7.46. The highest BCUT2D eigenvalue weighted by Crippen LogP contribution is 2.59. The molecule has 0 amide bonds. The summed E-state index contributed by atoms with van der Waals surface area (Å²) >= 11 is 6.65. The van der Waals surface area contributed by atoms with Crippen molar-refractivity contribution in [2.24, 2.45) is 11.1 Å². The largest absolute Gasteiger partial charge is 0.453 e. The molecule has 2 unspecified atom stereocenters. The predicted molar refractivity (Wildman–Crippen MR) is 60.0 cm³/mol. The van der Waals surface area contributed by atoms with Crippen molar-refractivity contribution in [2.45, 2.75) is 12.3 Å². The first-order valence-electron chi connectivity index (χ1n) is 4.38. The van der Waals surface area contributed by atoms with Crippen molar-refractivity contribution >= 4 is 31.9 Å². The number of hydrogen-bond donors (Lipinski definition) is 2. The molecule has 1 fully saturated rings. The van der Waals surface area contributed by atoms with Crippen molar-refractivity contribution in [3.8, 4) is 0 Å². The summed E-state index contributed by atoms with van der Waals surface area (Å²) in [5.41, 5.74) is 5.48. The Hall–Kier alpha value is 0.160. The monoisotopic (exact) mass is 323 g/mol. The zero-order chi connectivity index (χ0) is 10.3. The molecule has 1 heterocycles. The Morgan fingerprint density at radius 3 is 2.71 bits per heavy atom. The quantitative estimate of drug-likeness (QED) is 0.896. The molecule has 1 aromatic rings. The van der Waals surface area contributed by atoms with E-state index in [1.165, 1.54) is 0 Å². The van der Waals surface area contributed by atoms with Gasteiger partial charge < -0.3 is 15.3 Å². The van der Waals surface area contributed by atoms with E-state index in [-0.39, 0.29) is 17.9 Å². The molecular formula is C9H11Br2NO2. The maximum absolute atomic E-state index is 9.22. The first-order valence-corrected chi connectivity index (χ1v) is 5.97. The highest BCUT2D eigenvalue weighted by Gasteiger charge is 2.55. The third-order valence-corrected chi connectivity index (χ3v) is 4.63. The molecule has 0 spiro atoms. The van der Waals surface area contributed by atoms with Gasteiger partial charge in [0.15, 0.2) is 4.67 Å². The van der Waals surface area contributed by atoms with Gasteiger partial charge in [0.05, 0.1) is 11.1 Å². The van der Waals surface area contributed by atoms with Crippen molar-refractivity contribution in [1.82, 2.24) is 0 Å². The van der Waals surface area contributed by atoms with E-state index in [1.807, 2.05) is 6.07 Å². The van der Waals surface area contributed by atoms with Crippen LogP contribution in [0, 0.1) is 5.41 Å². The Bertz CT molecular complexity index is 327. The van der Waals surface area contributed by atoms with E-state index in [0.717, 1.165) is 16.7 Å². The predicted octanol–water partition coefficient (Wildman–Crippen LogP) is 2.23. The lowest BCUT2D eigenvalue weighted by Crippen LogP contribution is -2.21. The van der Waals surface area contributed by atoms with Crippen LogP contribution in [-0.4, -0.2) is 18.3 Å². The molecule has 2 rings (SSSR count). The van der Waals surface area contributed by atoms with Gasteiger partial charge in [-0.15, -0.1) is 0 Å². The normalized spacial score (nSPS) is 30.7. The number of furan rings is 1. The minimum absolute atomic E-state index is 0.129. The van der Waals surface area contributed by atoms with Gasteiger partial charge in [0.2, 0.25) is 0 Å². The smallest absolute Gasteiger partial charge is 0.183 e. The van der Waals surface area contributed by atoms with Crippen LogP contribution in [0.4, 0.5) is 0 Å². The number of hydrogen-bond acceptors (Lipinski definition) is 3. The zero-order valence-corrected chi connectivity index (χ0v) is 10.6. The van der Waals surface area contributed by atoms with Gasteiger partial charge in [-0.1, -0.05) is 0 Å². The lowest BCUT2D eigenvalue weighted by Gasteiger charge is -2.08. The molecule has 78 valence electrons. The number of nitrogens with two attached hydrogens (primary N) is 1. The van der Waals surface area contributed by atoms with E-state index in [1.54, 1.807) is 0 Å². The summed E-state index contributed by atoms with van der Waals surface area (Å²) < 4.78 is 7.10. The Labute approximate surface area is 98.9 Å². The van der Waals surface area contributed by atoms with Crippen molar-refractivity contribution in [3.63, 3.8) is 0 Å². The van der Waals surface area contributed by atoms with Crippen molar-refractivity contribution in [3.05, 3.63) is 21.0 Å². The molecule has 3 nitrogen and oxygen atoms in total. The van der Waals surface area contributed by atoms with Crippen LogP contribution in [0.3, 0.4) is 0 Å². The van der Waals surface area contributed by atoms with Gasteiger partial charge in [-0.3, -0.25) is 0 Å². The van der Waals surface area contributed by atoms with Gasteiger partial charge in [-0.05, 0) is 44.3 Å². The molecule has 0 saturated heterocycles. The maximum Gasteiger partial charge on any atom is 0.183 e. The summed E-state index contributed by atoms with van der Waals surface area (Å²) in [6, 6.07) is 1.93. The lowest BCUT2D eigenvalue weighted by molar-refractivity contribution is 0.208. The first kappa shape index (κ1) is 10.7. The molecule has 2 atom stereocenters. The van der Waals surface area contributed by atoms with E-state index in [4.69, 9.17) is 10.2 Å². The Morgan fingerprint density at radius 2 is 2.36 bits per heavy atom. The summed E-state index contributed by atoms with van der Waals surface area (Å²) in [7, 11) is 0. The Balaban J connectivity index is 2.19. The van der Waals surface area contributed by atoms with Gasteiger partial charge in [0, 0.05) is 17.9 Å². The minimum atomic E-state index is -0.142. The van der Waals surface area contributed by atoms with Crippen LogP contribution in [0.1, 0.15) is 18.1 Å². The van der Waals surface area contributed by atoms with E-state index >= 15 is 0 Å². The van der Waals surface area contributed by atoms with Crippen LogP contribution in [0.25, 0.3) is 0 Å². The molecule has 3 N–H and O–H groups in total. The number of rotatable bonds is 3. The maximum atomic E-state index is 9.22. The van der Waals surface area contributed by atoms with Gasteiger partial charge in [-0.2, -0.15) is 0 Å². The van der Waals surface area contributed by atoms with Crippen LogP contribution in [0.2, 0.25) is 0 Å². The molecule has 1 aliphatic carbocycles. The topological polar surface area (TPSA) is 59.4 Å². The SMILES string of the molecule is NCC1(CO)CC1c1cc(Br)c(Br)o1.